The van der Waals surface area contributed by atoms with Gasteiger partial charge in [0.1, 0.15) is 16.4 Å². The molecule has 0 spiro atoms. The molecule has 24 heavy (non-hydrogen) atoms. The van der Waals surface area contributed by atoms with Gasteiger partial charge in [0.2, 0.25) is 0 Å². The van der Waals surface area contributed by atoms with Crippen molar-refractivity contribution in [1.82, 2.24) is 4.98 Å². The number of hydrogen-bond acceptors (Lipinski definition) is 5. The molecule has 1 aromatic heterocycles. The number of rotatable bonds is 5. The van der Waals surface area contributed by atoms with E-state index in [1.807, 2.05) is 30.3 Å². The molecule has 1 heterocycles. The molecular formula is C18H17NO4S. The molecule has 3 aromatic rings. The first-order chi connectivity index (χ1) is 11.5. The number of methoxy groups -OCH3 is 2. The molecule has 0 saturated carbocycles. The molecule has 0 radical (unpaired) electrons. The number of benzene rings is 2. The Balaban J connectivity index is 2.01. The van der Waals surface area contributed by atoms with Gasteiger partial charge in [0.25, 0.3) is 0 Å². The van der Waals surface area contributed by atoms with Crippen LogP contribution in [0.15, 0.2) is 59.6 Å². The summed E-state index contributed by atoms with van der Waals surface area (Å²) in [7, 11) is -0.668. The lowest BCUT2D eigenvalue weighted by atomic mass is 10.2. The average Bonchev–Trinajstić information content (AvgIpc) is 2.60. The summed E-state index contributed by atoms with van der Waals surface area (Å²) in [5, 5.41) is 0.905. The molecule has 0 aliphatic heterocycles. The summed E-state index contributed by atoms with van der Waals surface area (Å²) < 4.78 is 36.0. The van der Waals surface area contributed by atoms with Crippen LogP contribution >= 0.6 is 0 Å². The first-order valence-corrected chi connectivity index (χ1v) is 8.97. The van der Waals surface area contributed by atoms with E-state index in [0.717, 1.165) is 10.9 Å². The fraction of sp³-hybridized carbons (Fsp3) is 0.167. The molecule has 0 atom stereocenters. The topological polar surface area (TPSA) is 65.5 Å². The van der Waals surface area contributed by atoms with Crippen LogP contribution in [0.4, 0.5) is 0 Å². The van der Waals surface area contributed by atoms with E-state index in [4.69, 9.17) is 9.47 Å². The zero-order valence-electron chi connectivity index (χ0n) is 13.4. The van der Waals surface area contributed by atoms with Crippen LogP contribution in [0, 0.1) is 0 Å². The van der Waals surface area contributed by atoms with E-state index in [0.29, 0.717) is 17.1 Å². The van der Waals surface area contributed by atoms with E-state index < -0.39 is 9.84 Å². The number of pyridine rings is 1. The molecule has 0 aliphatic rings. The summed E-state index contributed by atoms with van der Waals surface area (Å²) in [5.74, 6) is 0.601. The van der Waals surface area contributed by atoms with Crippen molar-refractivity contribution in [3.63, 3.8) is 0 Å². The van der Waals surface area contributed by atoms with Crippen molar-refractivity contribution in [2.24, 2.45) is 0 Å². The summed E-state index contributed by atoms with van der Waals surface area (Å²) >= 11 is 0. The molecule has 124 valence electrons. The van der Waals surface area contributed by atoms with Crippen molar-refractivity contribution in [1.29, 1.82) is 0 Å². The van der Waals surface area contributed by atoms with E-state index in [1.165, 1.54) is 20.3 Å². The molecule has 3 rings (SSSR count). The zero-order chi connectivity index (χ0) is 17.2. The Hall–Kier alpha value is -2.60. The van der Waals surface area contributed by atoms with Crippen LogP contribution in [0.5, 0.6) is 11.5 Å². The monoisotopic (exact) mass is 343 g/mol. The number of nitrogens with zero attached hydrogens (tertiary/aromatic N) is 1. The SMILES string of the molecule is COc1ccc(OC)c(S(=O)(=O)Cc2cnc3ccccc3c2)c1. The Labute approximate surface area is 140 Å². The summed E-state index contributed by atoms with van der Waals surface area (Å²) in [5.41, 5.74) is 1.45. The second kappa shape index (κ2) is 6.49. The minimum atomic E-state index is -3.60. The molecule has 0 fully saturated rings. The van der Waals surface area contributed by atoms with Crippen molar-refractivity contribution in [3.05, 3.63) is 60.3 Å². The smallest absolute Gasteiger partial charge is 0.186 e. The Bertz CT molecular complexity index is 983. The van der Waals surface area contributed by atoms with Crippen LogP contribution in [0.3, 0.4) is 0 Å². The van der Waals surface area contributed by atoms with E-state index in [2.05, 4.69) is 4.98 Å². The number of sulfone groups is 1. The number of aromatic nitrogens is 1. The minimum absolute atomic E-state index is 0.109. The molecule has 0 unspecified atom stereocenters. The molecule has 0 amide bonds. The predicted molar refractivity (Wildman–Crippen MR) is 92.2 cm³/mol. The minimum Gasteiger partial charge on any atom is -0.497 e. The second-order valence-electron chi connectivity index (χ2n) is 5.31. The van der Waals surface area contributed by atoms with Crippen molar-refractivity contribution in [2.45, 2.75) is 10.6 Å². The summed E-state index contributed by atoms with van der Waals surface area (Å²) in [6.45, 7) is 0. The van der Waals surface area contributed by atoms with Crippen LogP contribution in [-0.4, -0.2) is 27.6 Å². The highest BCUT2D eigenvalue weighted by molar-refractivity contribution is 7.90. The van der Waals surface area contributed by atoms with Gasteiger partial charge in [-0.1, -0.05) is 18.2 Å². The zero-order valence-corrected chi connectivity index (χ0v) is 14.2. The molecule has 6 heteroatoms. The van der Waals surface area contributed by atoms with Gasteiger partial charge in [-0.05, 0) is 29.8 Å². The lowest BCUT2D eigenvalue weighted by Crippen LogP contribution is -2.07. The Morgan fingerprint density at radius 2 is 1.79 bits per heavy atom. The van der Waals surface area contributed by atoms with Crippen LogP contribution in [0.1, 0.15) is 5.56 Å². The predicted octanol–water partition coefficient (Wildman–Crippen LogP) is 3.23. The third-order valence-electron chi connectivity index (χ3n) is 3.71. The molecule has 0 N–H and O–H groups in total. The molecular weight excluding hydrogens is 326 g/mol. The number of ether oxygens (including phenoxy) is 2. The first-order valence-electron chi connectivity index (χ1n) is 7.32. The second-order valence-corrected chi connectivity index (χ2v) is 7.27. The molecule has 0 saturated heterocycles. The van der Waals surface area contributed by atoms with Gasteiger partial charge in [-0.25, -0.2) is 8.42 Å². The van der Waals surface area contributed by atoms with Crippen LogP contribution in [0.2, 0.25) is 0 Å². The van der Waals surface area contributed by atoms with Gasteiger partial charge in [0, 0.05) is 17.6 Å². The molecule has 0 aliphatic carbocycles. The molecule has 5 nitrogen and oxygen atoms in total. The number of hydrogen-bond donors (Lipinski definition) is 0. The summed E-state index contributed by atoms with van der Waals surface area (Å²) in [6.07, 6.45) is 1.59. The maximum atomic E-state index is 12.8. The summed E-state index contributed by atoms with van der Waals surface area (Å²) in [4.78, 5) is 4.42. The average molecular weight is 343 g/mol. The largest absolute Gasteiger partial charge is 0.497 e. The van der Waals surface area contributed by atoms with Crippen molar-refractivity contribution in [2.75, 3.05) is 14.2 Å². The third kappa shape index (κ3) is 3.19. The maximum absolute atomic E-state index is 12.8. The van der Waals surface area contributed by atoms with Gasteiger partial charge in [-0.3, -0.25) is 4.98 Å². The fourth-order valence-corrected chi connectivity index (χ4v) is 4.03. The highest BCUT2D eigenvalue weighted by Crippen LogP contribution is 2.30. The normalized spacial score (nSPS) is 11.4. The lowest BCUT2D eigenvalue weighted by Gasteiger charge is -2.11. The highest BCUT2D eigenvalue weighted by Gasteiger charge is 2.21. The summed E-state index contributed by atoms with van der Waals surface area (Å²) in [6, 6.07) is 14.2. The van der Waals surface area contributed by atoms with Crippen molar-refractivity contribution >= 4 is 20.7 Å². The van der Waals surface area contributed by atoms with Gasteiger partial charge >= 0.3 is 0 Å². The first kappa shape index (κ1) is 16.3. The van der Waals surface area contributed by atoms with Gasteiger partial charge in [-0.2, -0.15) is 0 Å². The van der Waals surface area contributed by atoms with E-state index >= 15 is 0 Å². The Morgan fingerprint density at radius 3 is 2.54 bits per heavy atom. The third-order valence-corrected chi connectivity index (χ3v) is 5.41. The van der Waals surface area contributed by atoms with Crippen LogP contribution < -0.4 is 9.47 Å². The van der Waals surface area contributed by atoms with Crippen molar-refractivity contribution in [3.8, 4) is 11.5 Å². The Kier molecular flexibility index (Phi) is 4.40. The lowest BCUT2D eigenvalue weighted by molar-refractivity contribution is 0.392. The maximum Gasteiger partial charge on any atom is 0.186 e. The van der Waals surface area contributed by atoms with Gasteiger partial charge in [0.05, 0.1) is 25.5 Å². The number of para-hydroxylation sites is 1. The standard InChI is InChI=1S/C18H17NO4S/c1-22-15-7-8-17(23-2)18(10-15)24(20,21)12-13-9-14-5-3-4-6-16(14)19-11-13/h3-11H,12H2,1-2H3. The molecule has 2 aromatic carbocycles. The van der Waals surface area contributed by atoms with E-state index in [-0.39, 0.29) is 10.6 Å². The number of fused-ring (bicyclic) bond motifs is 1. The van der Waals surface area contributed by atoms with Crippen LogP contribution in [0.25, 0.3) is 10.9 Å². The van der Waals surface area contributed by atoms with Gasteiger partial charge in [-0.15, -0.1) is 0 Å². The van der Waals surface area contributed by atoms with Gasteiger partial charge < -0.3 is 9.47 Å². The molecule has 0 bridgehead atoms. The van der Waals surface area contributed by atoms with Gasteiger partial charge in [0.15, 0.2) is 9.84 Å². The van der Waals surface area contributed by atoms with Crippen LogP contribution in [-0.2, 0) is 15.6 Å². The Morgan fingerprint density at radius 1 is 1.00 bits per heavy atom. The highest BCUT2D eigenvalue weighted by atomic mass is 32.2. The van der Waals surface area contributed by atoms with E-state index in [9.17, 15) is 8.42 Å². The van der Waals surface area contributed by atoms with Crippen molar-refractivity contribution < 1.29 is 17.9 Å². The fourth-order valence-electron chi connectivity index (χ4n) is 2.52. The van der Waals surface area contributed by atoms with E-state index in [1.54, 1.807) is 18.3 Å². The quantitative estimate of drug-likeness (QED) is 0.711.